The fourth-order valence-electron chi connectivity index (χ4n) is 10.4. The second-order valence-electron chi connectivity index (χ2n) is 24.9. The Morgan fingerprint density at radius 1 is 0.545 bits per heavy atom. The number of thioether (sulfide) groups is 1. The van der Waals surface area contributed by atoms with E-state index in [1.165, 1.54) is 36.1 Å². The first-order chi connectivity index (χ1) is 47.7. The van der Waals surface area contributed by atoms with Gasteiger partial charge in [0.25, 0.3) is 0 Å². The van der Waals surface area contributed by atoms with Gasteiger partial charge in [-0.25, -0.2) is 4.98 Å². The van der Waals surface area contributed by atoms with Crippen molar-refractivity contribution in [1.29, 1.82) is 0 Å². The fourth-order valence-corrected chi connectivity index (χ4v) is 10.8. The van der Waals surface area contributed by atoms with Gasteiger partial charge in [-0.15, -0.1) is 0 Å². The van der Waals surface area contributed by atoms with Gasteiger partial charge in [-0.1, -0.05) is 45.9 Å². The first-order valence-electron chi connectivity index (χ1n) is 32.7. The number of rotatable bonds is 51. The van der Waals surface area contributed by atoms with E-state index in [0.717, 1.165) is 9.80 Å². The molecule has 0 aliphatic carbocycles. The van der Waals surface area contributed by atoms with Crippen LogP contribution >= 0.6 is 11.8 Å². The maximum Gasteiger partial charge on any atom is 0.317 e. The third-order valence-electron chi connectivity index (χ3n) is 15.6. The zero-order valence-electron chi connectivity index (χ0n) is 57.5. The Labute approximate surface area is 587 Å². The van der Waals surface area contributed by atoms with E-state index >= 15 is 0 Å². The number of hydrogen-bond donors (Lipinski definition) is 18. The summed E-state index contributed by atoms with van der Waals surface area (Å²) in [5.74, 6) is -15.2. The maximum absolute atomic E-state index is 14.6. The average molecular weight is 1440 g/mol. The largest absolute Gasteiger partial charge is 0.480 e. The number of unbranched alkanes of at least 4 members (excludes halogenated alkanes) is 1. The third-order valence-corrected chi connectivity index (χ3v) is 16.2. The van der Waals surface area contributed by atoms with Crippen LogP contribution in [0, 0.1) is 11.8 Å². The lowest BCUT2D eigenvalue weighted by molar-refractivity contribution is -0.143. The van der Waals surface area contributed by atoms with Gasteiger partial charge in [0.05, 0.1) is 45.6 Å². The molecule has 2 aromatic heterocycles. The molecular weight excluding hydrogens is 1340 g/mol. The Kier molecular flexibility index (Phi) is 37.5. The zero-order chi connectivity index (χ0) is 75.5. The van der Waals surface area contributed by atoms with Crippen LogP contribution < -0.4 is 65.1 Å². The molecule has 0 saturated carbocycles. The molecule has 0 aliphatic heterocycles. The summed E-state index contributed by atoms with van der Waals surface area (Å²) < 4.78 is 0. The molecule has 0 aliphatic rings. The molecule has 3 aromatic rings. The van der Waals surface area contributed by atoms with Gasteiger partial charge in [0, 0.05) is 74.4 Å². The molecule has 11 amide bonds. The monoisotopic (exact) mass is 1440 g/mol. The topological polar surface area (TPSA) is 577 Å². The molecule has 0 bridgehead atoms. The number of benzene rings is 1. The predicted octanol–water partition coefficient (Wildman–Crippen LogP) is -4.73. The molecule has 0 fully saturated rings. The van der Waals surface area contributed by atoms with Gasteiger partial charge < -0.3 is 95.4 Å². The Morgan fingerprint density at radius 3 is 1.61 bits per heavy atom. The van der Waals surface area contributed by atoms with Crippen molar-refractivity contribution in [2.45, 2.75) is 141 Å². The maximum atomic E-state index is 14.6. The number of para-hydroxylation sites is 1. The molecule has 0 radical (unpaired) electrons. The number of primary amides is 2. The van der Waals surface area contributed by atoms with Crippen LogP contribution in [0.2, 0.25) is 0 Å². The molecule has 3 rings (SSSR count). The zero-order valence-corrected chi connectivity index (χ0v) is 58.3. The average Bonchev–Trinajstić information content (AvgIpc) is 1.71. The number of aliphatic carboxylic acids is 4. The Hall–Kier alpha value is -9.79. The minimum Gasteiger partial charge on any atom is -0.480 e. The molecule has 2 heterocycles. The van der Waals surface area contributed by atoms with E-state index in [4.69, 9.17) is 17.2 Å². The van der Waals surface area contributed by atoms with Crippen molar-refractivity contribution in [2.24, 2.45) is 29.0 Å². The van der Waals surface area contributed by atoms with Crippen LogP contribution in [0.5, 0.6) is 0 Å². The van der Waals surface area contributed by atoms with Gasteiger partial charge in [-0.3, -0.25) is 86.6 Å². The SMILES string of the molecule is CSCC[C@@H](NC(=O)[C@H](CC(C)C)NC(=O)[C@H](Cc1cnc[nH]1)NC(=O)CNC(=O)[C@@H](NC(=O)[C@H](C)NC(=O)[C@H](Cc1c[nH]c2ccccc12)NC(=O)[C@H](CCC(N)=O)NC(=O)[C@H](CCCCN)NC(=O)CN(CCN(CCN(CC(=O)O)CC(=O)O)CC(=O)O)CC(=O)O)C(C)C)C(N)=O. The van der Waals surface area contributed by atoms with Crippen molar-refractivity contribution >= 4 is 112 Å². The highest BCUT2D eigenvalue weighted by Gasteiger charge is 2.35. The standard InChI is InChI=1S/C63H98N18O19S/c1-35(2)23-45(61(98)74-42(56(66)93)16-22-101-6)76-62(99)47(25-39-27-67-34-70-39)73-49(83)28-69-63(100)55(36(3)4)78-57(94)37(5)71-60(97)46(24-38-26-68-41-12-8-7-11-40(38)41)77-59(96)44(14-15-48(65)82)75-58(95)43(13-9-10-17-64)72-50(84)29-80(31-52(87)88)20-18-79(30-51(85)86)19-21-81(32-53(89)90)33-54(91)92/h7-8,11-12,26-27,34-37,42-47,55,68H,9-10,13-25,28-33,64H2,1-6H3,(H2,65,82)(H2,66,93)(H,67,70)(H,69,100)(H,71,97)(H,72,84)(H,73,83)(H,74,98)(H,75,95)(H,76,99)(H,77,96)(H,78,94)(H,85,86)(H,87,88)(H,89,90)(H,91,92)/t37-,42+,43-,44-,45-,46-,47-,55-/m0/s1. The number of carboxylic acid groups (broad SMARTS) is 4. The number of carbonyl (C=O) groups is 15. The molecule has 101 heavy (non-hydrogen) atoms. The minimum absolute atomic E-state index is 0.0907. The first kappa shape index (κ1) is 85.4. The van der Waals surface area contributed by atoms with Crippen molar-refractivity contribution in [1.82, 2.24) is 77.5 Å². The summed E-state index contributed by atoms with van der Waals surface area (Å²) in [6, 6.07) is -3.93. The highest BCUT2D eigenvalue weighted by molar-refractivity contribution is 7.98. The molecule has 38 heteroatoms. The lowest BCUT2D eigenvalue weighted by Gasteiger charge is -2.28. The van der Waals surface area contributed by atoms with Crippen LogP contribution in [0.4, 0.5) is 0 Å². The van der Waals surface area contributed by atoms with Crippen molar-refractivity contribution < 1.29 is 92.3 Å². The molecule has 37 nitrogen and oxygen atoms in total. The Balaban J connectivity index is 1.85. The number of carbonyl (C=O) groups excluding carboxylic acids is 11. The highest BCUT2D eigenvalue weighted by Crippen LogP contribution is 2.20. The van der Waals surface area contributed by atoms with E-state index in [-0.39, 0.29) is 77.2 Å². The van der Waals surface area contributed by atoms with Gasteiger partial charge in [0.1, 0.15) is 48.3 Å². The number of imidazole rings is 1. The molecular formula is C63H98N18O19S. The quantitative estimate of drug-likeness (QED) is 0.0236. The number of nitrogens with one attached hydrogen (secondary N) is 11. The molecule has 8 atom stereocenters. The smallest absolute Gasteiger partial charge is 0.317 e. The van der Waals surface area contributed by atoms with Crippen LogP contribution in [-0.4, -0.2) is 271 Å². The van der Waals surface area contributed by atoms with Crippen molar-refractivity contribution in [3.63, 3.8) is 0 Å². The van der Waals surface area contributed by atoms with Crippen LogP contribution in [0.15, 0.2) is 43.0 Å². The Bertz CT molecular complexity index is 3280. The predicted molar refractivity (Wildman–Crippen MR) is 366 cm³/mol. The lowest BCUT2D eigenvalue weighted by Crippen LogP contribution is -2.60. The number of nitrogens with two attached hydrogens (primary N) is 3. The summed E-state index contributed by atoms with van der Waals surface area (Å²) in [4.78, 5) is 210. The van der Waals surface area contributed by atoms with E-state index in [0.29, 0.717) is 34.3 Å². The summed E-state index contributed by atoms with van der Waals surface area (Å²) in [5.41, 5.74) is 18.4. The lowest BCUT2D eigenvalue weighted by atomic mass is 10.0. The molecule has 560 valence electrons. The number of amides is 11. The summed E-state index contributed by atoms with van der Waals surface area (Å²) in [6.07, 6.45) is 5.74. The Morgan fingerprint density at radius 2 is 1.06 bits per heavy atom. The molecule has 0 saturated heterocycles. The van der Waals surface area contributed by atoms with Crippen LogP contribution in [0.1, 0.15) is 90.8 Å². The van der Waals surface area contributed by atoms with Gasteiger partial charge in [-0.05, 0) is 87.5 Å². The van der Waals surface area contributed by atoms with Gasteiger partial charge in [0.2, 0.25) is 65.0 Å². The molecule has 0 spiro atoms. The van der Waals surface area contributed by atoms with Crippen LogP contribution in [0.25, 0.3) is 10.9 Å². The number of aromatic amines is 2. The second kappa shape index (κ2) is 44.4. The fraction of sp³-hybridized carbons (Fsp3) is 0.587. The summed E-state index contributed by atoms with van der Waals surface area (Å²) >= 11 is 1.44. The van der Waals surface area contributed by atoms with E-state index in [2.05, 4.69) is 62.8 Å². The second-order valence-corrected chi connectivity index (χ2v) is 25.9. The highest BCUT2D eigenvalue weighted by atomic mass is 32.2. The van der Waals surface area contributed by atoms with Crippen LogP contribution in [-0.2, 0) is 84.8 Å². The summed E-state index contributed by atoms with van der Waals surface area (Å²) in [5, 5.41) is 61.7. The molecule has 0 unspecified atom stereocenters. The third kappa shape index (κ3) is 32.8. The van der Waals surface area contributed by atoms with Crippen molar-refractivity contribution in [3.05, 3.63) is 54.2 Å². The number of nitrogens with zero attached hydrogens (tertiary/aromatic N) is 4. The number of carboxylic acids is 4. The van der Waals surface area contributed by atoms with Crippen molar-refractivity contribution in [3.8, 4) is 0 Å². The normalized spacial score (nSPS) is 13.7. The molecule has 1 aromatic carbocycles. The van der Waals surface area contributed by atoms with E-state index < -0.39 is 195 Å². The van der Waals surface area contributed by atoms with E-state index in [1.54, 1.807) is 44.3 Å². The minimum atomic E-state index is -1.64. The summed E-state index contributed by atoms with van der Waals surface area (Å²) in [7, 11) is 0. The van der Waals surface area contributed by atoms with Gasteiger partial charge in [-0.2, -0.15) is 11.8 Å². The first-order valence-corrected chi connectivity index (χ1v) is 34.1. The van der Waals surface area contributed by atoms with Gasteiger partial charge in [0.15, 0.2) is 0 Å². The summed E-state index contributed by atoms with van der Waals surface area (Å²) in [6.45, 7) is 3.25. The van der Waals surface area contributed by atoms with E-state index in [9.17, 15) is 92.3 Å². The number of aromatic nitrogens is 3. The number of hydrogen-bond acceptors (Lipinski definition) is 21. The van der Waals surface area contributed by atoms with Gasteiger partial charge >= 0.3 is 23.9 Å². The number of fused-ring (bicyclic) bond motifs is 1. The van der Waals surface area contributed by atoms with Crippen molar-refractivity contribution in [2.75, 3.05) is 84.0 Å². The van der Waals surface area contributed by atoms with E-state index in [1.807, 2.05) is 20.1 Å². The number of H-pyrrole nitrogens is 2. The van der Waals surface area contributed by atoms with Crippen LogP contribution in [0.3, 0.4) is 0 Å². The molecule has 21 N–H and O–H groups in total.